The van der Waals surface area contributed by atoms with Gasteiger partial charge in [-0.05, 0) is 30.3 Å². The first-order valence-corrected chi connectivity index (χ1v) is 7.06. The topological polar surface area (TPSA) is 47.5 Å². The lowest BCUT2D eigenvalue weighted by Crippen LogP contribution is -2.12. The summed E-state index contributed by atoms with van der Waals surface area (Å²) in [5, 5.41) is 1.04. The fourth-order valence-electron chi connectivity index (χ4n) is 2.57. The van der Waals surface area contributed by atoms with E-state index in [1.807, 2.05) is 61.5 Å². The lowest BCUT2D eigenvalue weighted by Gasteiger charge is -2.15. The Bertz CT molecular complexity index is 862. The van der Waals surface area contributed by atoms with Crippen molar-refractivity contribution in [2.75, 3.05) is 25.8 Å². The molecular formula is C17H15N3O2. The summed E-state index contributed by atoms with van der Waals surface area (Å²) >= 11 is 0. The van der Waals surface area contributed by atoms with Gasteiger partial charge in [0.1, 0.15) is 5.82 Å². The normalized spacial score (nSPS) is 12.6. The Morgan fingerprint density at radius 2 is 1.77 bits per heavy atom. The van der Waals surface area contributed by atoms with Crippen LogP contribution in [0.15, 0.2) is 42.5 Å². The summed E-state index contributed by atoms with van der Waals surface area (Å²) in [6.07, 6.45) is 0. The van der Waals surface area contributed by atoms with Gasteiger partial charge in [0.15, 0.2) is 17.3 Å². The molecule has 1 aliphatic heterocycles. The van der Waals surface area contributed by atoms with Crippen molar-refractivity contribution in [1.82, 2.24) is 9.97 Å². The van der Waals surface area contributed by atoms with Gasteiger partial charge in [-0.15, -0.1) is 0 Å². The molecule has 5 heteroatoms. The fourth-order valence-corrected chi connectivity index (χ4v) is 2.57. The highest BCUT2D eigenvalue weighted by molar-refractivity contribution is 5.90. The van der Waals surface area contributed by atoms with Crippen LogP contribution in [0.1, 0.15) is 0 Å². The highest BCUT2D eigenvalue weighted by atomic mass is 16.7. The molecule has 2 aromatic carbocycles. The van der Waals surface area contributed by atoms with Crippen molar-refractivity contribution in [1.29, 1.82) is 0 Å². The third-order valence-electron chi connectivity index (χ3n) is 3.64. The van der Waals surface area contributed by atoms with E-state index in [9.17, 15) is 0 Å². The van der Waals surface area contributed by atoms with Crippen molar-refractivity contribution in [2.24, 2.45) is 0 Å². The molecule has 0 atom stereocenters. The number of fused-ring (bicyclic) bond motifs is 2. The zero-order chi connectivity index (χ0) is 15.1. The number of anilines is 1. The molecule has 5 nitrogen and oxygen atoms in total. The van der Waals surface area contributed by atoms with Crippen LogP contribution in [0.25, 0.3) is 22.3 Å². The smallest absolute Gasteiger partial charge is 0.231 e. The van der Waals surface area contributed by atoms with Crippen molar-refractivity contribution in [2.45, 2.75) is 0 Å². The number of hydrogen-bond acceptors (Lipinski definition) is 5. The maximum atomic E-state index is 5.44. The monoisotopic (exact) mass is 293 g/mol. The highest BCUT2D eigenvalue weighted by Crippen LogP contribution is 2.36. The molecule has 3 aromatic rings. The van der Waals surface area contributed by atoms with Gasteiger partial charge in [0.2, 0.25) is 6.79 Å². The first-order chi connectivity index (χ1) is 10.7. The second-order valence-corrected chi connectivity index (χ2v) is 5.35. The zero-order valence-electron chi connectivity index (χ0n) is 12.4. The van der Waals surface area contributed by atoms with E-state index in [1.165, 1.54) is 0 Å². The van der Waals surface area contributed by atoms with Crippen LogP contribution in [0.2, 0.25) is 0 Å². The Balaban J connectivity index is 1.91. The van der Waals surface area contributed by atoms with Crippen molar-refractivity contribution in [3.63, 3.8) is 0 Å². The molecule has 0 amide bonds. The van der Waals surface area contributed by atoms with Gasteiger partial charge in [-0.2, -0.15) is 0 Å². The number of para-hydroxylation sites is 1. The summed E-state index contributed by atoms with van der Waals surface area (Å²) in [6.45, 7) is 0.264. The second kappa shape index (κ2) is 4.87. The van der Waals surface area contributed by atoms with Gasteiger partial charge in [-0.1, -0.05) is 12.1 Å². The number of aromatic nitrogens is 2. The second-order valence-electron chi connectivity index (χ2n) is 5.35. The van der Waals surface area contributed by atoms with Crippen LogP contribution >= 0.6 is 0 Å². The molecule has 0 unspecified atom stereocenters. The first kappa shape index (κ1) is 12.9. The van der Waals surface area contributed by atoms with E-state index >= 15 is 0 Å². The molecule has 0 fully saturated rings. The number of ether oxygens (including phenoxy) is 2. The van der Waals surface area contributed by atoms with Crippen molar-refractivity contribution < 1.29 is 9.47 Å². The summed E-state index contributed by atoms with van der Waals surface area (Å²) in [6, 6.07) is 13.8. The summed E-state index contributed by atoms with van der Waals surface area (Å²) in [5.41, 5.74) is 1.84. The molecule has 0 bridgehead atoms. The van der Waals surface area contributed by atoms with Gasteiger partial charge in [0.05, 0.1) is 5.52 Å². The van der Waals surface area contributed by atoms with Crippen molar-refractivity contribution in [3.05, 3.63) is 42.5 Å². The molecule has 1 aliphatic rings. The highest BCUT2D eigenvalue weighted by Gasteiger charge is 2.16. The molecule has 22 heavy (non-hydrogen) atoms. The first-order valence-electron chi connectivity index (χ1n) is 7.06. The Hall–Kier alpha value is -2.82. The van der Waals surface area contributed by atoms with Crippen molar-refractivity contribution >= 4 is 16.7 Å². The Morgan fingerprint density at radius 1 is 0.955 bits per heavy atom. The van der Waals surface area contributed by atoms with E-state index in [0.717, 1.165) is 33.8 Å². The number of benzene rings is 2. The van der Waals surface area contributed by atoms with Crippen molar-refractivity contribution in [3.8, 4) is 22.9 Å². The molecule has 4 rings (SSSR count). The van der Waals surface area contributed by atoms with Crippen LogP contribution < -0.4 is 14.4 Å². The van der Waals surface area contributed by atoms with Crippen LogP contribution in [-0.2, 0) is 0 Å². The molecule has 110 valence electrons. The lowest BCUT2D eigenvalue weighted by atomic mass is 10.1. The molecule has 2 heterocycles. The fraction of sp³-hybridized carbons (Fsp3) is 0.176. The maximum Gasteiger partial charge on any atom is 0.231 e. The van der Waals surface area contributed by atoms with Gasteiger partial charge in [-0.25, -0.2) is 9.97 Å². The average Bonchev–Trinajstić information content (AvgIpc) is 3.01. The largest absolute Gasteiger partial charge is 0.454 e. The van der Waals surface area contributed by atoms with Crippen LogP contribution in [0, 0.1) is 0 Å². The average molecular weight is 293 g/mol. The lowest BCUT2D eigenvalue weighted by molar-refractivity contribution is 0.174. The summed E-state index contributed by atoms with van der Waals surface area (Å²) in [4.78, 5) is 11.4. The minimum absolute atomic E-state index is 0.264. The molecule has 0 aliphatic carbocycles. The van der Waals surface area contributed by atoms with Crippen LogP contribution in [0.3, 0.4) is 0 Å². The third-order valence-corrected chi connectivity index (χ3v) is 3.64. The standard InChI is InChI=1S/C17H15N3O2/c1-20(2)17-12-5-3-4-6-13(12)18-16(19-17)11-7-8-14-15(9-11)22-10-21-14/h3-9H,10H2,1-2H3. The molecule has 0 N–H and O–H groups in total. The maximum absolute atomic E-state index is 5.44. The predicted molar refractivity (Wildman–Crippen MR) is 85.4 cm³/mol. The Labute approximate surface area is 128 Å². The third kappa shape index (κ3) is 2.02. The van der Waals surface area contributed by atoms with Gasteiger partial charge in [0, 0.05) is 25.0 Å². The molecule has 1 aromatic heterocycles. The van der Waals surface area contributed by atoms with Gasteiger partial charge < -0.3 is 14.4 Å². The quantitative estimate of drug-likeness (QED) is 0.726. The summed E-state index contributed by atoms with van der Waals surface area (Å²) in [5.74, 6) is 3.08. The van der Waals surface area contributed by atoms with E-state index in [-0.39, 0.29) is 6.79 Å². The molecule has 0 spiro atoms. The number of hydrogen-bond donors (Lipinski definition) is 0. The summed E-state index contributed by atoms with van der Waals surface area (Å²) in [7, 11) is 3.97. The van der Waals surface area contributed by atoms with E-state index in [1.54, 1.807) is 0 Å². The SMILES string of the molecule is CN(C)c1nc(-c2ccc3c(c2)OCO3)nc2ccccc12. The Morgan fingerprint density at radius 3 is 2.64 bits per heavy atom. The van der Waals surface area contributed by atoms with E-state index in [0.29, 0.717) is 5.82 Å². The van der Waals surface area contributed by atoms with E-state index in [2.05, 4.69) is 4.98 Å². The molecule has 0 saturated carbocycles. The zero-order valence-corrected chi connectivity index (χ0v) is 12.4. The van der Waals surface area contributed by atoms with Gasteiger partial charge >= 0.3 is 0 Å². The van der Waals surface area contributed by atoms with Crippen LogP contribution in [0.5, 0.6) is 11.5 Å². The Kier molecular flexibility index (Phi) is 2.85. The number of nitrogens with zero attached hydrogens (tertiary/aromatic N) is 3. The number of rotatable bonds is 2. The van der Waals surface area contributed by atoms with Crippen LogP contribution in [-0.4, -0.2) is 30.9 Å². The molecule has 0 saturated heterocycles. The predicted octanol–water partition coefficient (Wildman–Crippen LogP) is 3.09. The minimum Gasteiger partial charge on any atom is -0.454 e. The van der Waals surface area contributed by atoms with E-state index in [4.69, 9.17) is 14.5 Å². The van der Waals surface area contributed by atoms with Gasteiger partial charge in [-0.3, -0.25) is 0 Å². The molecule has 0 radical (unpaired) electrons. The summed E-state index contributed by atoms with van der Waals surface area (Å²) < 4.78 is 10.8. The van der Waals surface area contributed by atoms with E-state index < -0.39 is 0 Å². The van der Waals surface area contributed by atoms with Crippen LogP contribution in [0.4, 0.5) is 5.82 Å². The molecular weight excluding hydrogens is 278 g/mol. The van der Waals surface area contributed by atoms with Gasteiger partial charge in [0.25, 0.3) is 0 Å². The minimum atomic E-state index is 0.264.